The second kappa shape index (κ2) is 12.3. The highest BCUT2D eigenvalue weighted by Gasteiger charge is 2.50. The van der Waals surface area contributed by atoms with E-state index in [1.807, 2.05) is 66.7 Å². The average Bonchev–Trinajstić information content (AvgIpc) is 2.87. The SMILES string of the molecule is C=CC(=O)O[C@@H](/C=N/OCc1ccccc1)CO[Si](c1ccccc1)(c1ccccc1)C(C)(C)C. The van der Waals surface area contributed by atoms with Gasteiger partial charge in [-0.1, -0.05) is 124 Å². The zero-order valence-electron chi connectivity index (χ0n) is 20.6. The molecule has 0 aliphatic heterocycles. The number of carbonyl (C=O) groups is 1. The van der Waals surface area contributed by atoms with Gasteiger partial charge in [-0.25, -0.2) is 4.79 Å². The molecule has 0 amide bonds. The van der Waals surface area contributed by atoms with Crippen molar-refractivity contribution in [2.24, 2.45) is 5.16 Å². The van der Waals surface area contributed by atoms with Crippen molar-refractivity contribution in [3.63, 3.8) is 0 Å². The predicted octanol–water partition coefficient (Wildman–Crippen LogP) is 4.86. The molecule has 0 saturated heterocycles. The molecule has 0 unspecified atom stereocenters. The van der Waals surface area contributed by atoms with Crippen molar-refractivity contribution in [3.05, 3.63) is 109 Å². The van der Waals surface area contributed by atoms with Crippen LogP contribution in [0.3, 0.4) is 0 Å². The van der Waals surface area contributed by atoms with Gasteiger partial charge in [-0.2, -0.15) is 0 Å². The molecule has 35 heavy (non-hydrogen) atoms. The maximum Gasteiger partial charge on any atom is 0.330 e. The summed E-state index contributed by atoms with van der Waals surface area (Å²) in [6.45, 7) is 10.5. The highest BCUT2D eigenvalue weighted by atomic mass is 28.4. The maximum absolute atomic E-state index is 12.1. The fourth-order valence-corrected chi connectivity index (χ4v) is 8.64. The molecule has 6 heteroatoms. The minimum absolute atomic E-state index is 0.130. The van der Waals surface area contributed by atoms with E-state index in [2.05, 4.69) is 56.8 Å². The third-order valence-corrected chi connectivity index (χ3v) is 10.7. The van der Waals surface area contributed by atoms with Gasteiger partial charge in [0.05, 0.1) is 12.8 Å². The van der Waals surface area contributed by atoms with Crippen LogP contribution in [-0.2, 0) is 25.4 Å². The molecule has 3 aromatic carbocycles. The average molecular weight is 488 g/mol. The van der Waals surface area contributed by atoms with Crippen LogP contribution >= 0.6 is 0 Å². The zero-order chi connectivity index (χ0) is 25.2. The molecule has 0 aliphatic rings. The molecule has 0 aromatic heterocycles. The van der Waals surface area contributed by atoms with E-state index in [0.717, 1.165) is 22.0 Å². The van der Waals surface area contributed by atoms with Crippen molar-refractivity contribution in [1.82, 2.24) is 0 Å². The minimum atomic E-state index is -2.79. The Morgan fingerprint density at radius 3 is 1.91 bits per heavy atom. The number of hydrogen-bond donors (Lipinski definition) is 0. The summed E-state index contributed by atoms with van der Waals surface area (Å²) < 4.78 is 12.4. The Bertz CT molecular complexity index is 1060. The van der Waals surface area contributed by atoms with Crippen LogP contribution in [0, 0.1) is 0 Å². The molecular weight excluding hydrogens is 454 g/mol. The number of oxime groups is 1. The Labute approximate surface area is 209 Å². The van der Waals surface area contributed by atoms with E-state index in [4.69, 9.17) is 14.0 Å². The van der Waals surface area contributed by atoms with Gasteiger partial charge in [0.25, 0.3) is 8.32 Å². The van der Waals surface area contributed by atoms with Crippen molar-refractivity contribution in [2.75, 3.05) is 6.61 Å². The van der Waals surface area contributed by atoms with Crippen molar-refractivity contribution in [2.45, 2.75) is 38.5 Å². The molecule has 1 atom stereocenters. The van der Waals surface area contributed by atoms with Crippen LogP contribution in [0.15, 0.2) is 109 Å². The van der Waals surface area contributed by atoms with Crippen LogP contribution in [0.2, 0.25) is 5.04 Å². The van der Waals surface area contributed by atoms with Crippen LogP contribution in [0.25, 0.3) is 0 Å². The number of carbonyl (C=O) groups excluding carboxylic acids is 1. The fourth-order valence-electron chi connectivity index (χ4n) is 4.07. The highest BCUT2D eigenvalue weighted by Crippen LogP contribution is 2.36. The van der Waals surface area contributed by atoms with Crippen molar-refractivity contribution >= 4 is 30.9 Å². The van der Waals surface area contributed by atoms with Crippen molar-refractivity contribution in [1.29, 1.82) is 0 Å². The molecule has 0 N–H and O–H groups in total. The lowest BCUT2D eigenvalue weighted by Gasteiger charge is -2.43. The quantitative estimate of drug-likeness (QED) is 0.127. The van der Waals surface area contributed by atoms with E-state index >= 15 is 0 Å². The molecule has 3 rings (SSSR count). The standard InChI is InChI=1S/C29H33NO4Si/c1-5-28(31)34-25(21-30-32-22-24-15-9-6-10-16-24)23-33-35(29(2,3)4,26-17-11-7-12-18-26)27-19-13-8-14-20-27/h5-21,25H,1,22-23H2,2-4H3/b30-21+/t25-/m0/s1. The number of ether oxygens (including phenoxy) is 1. The zero-order valence-corrected chi connectivity index (χ0v) is 21.6. The van der Waals surface area contributed by atoms with E-state index in [-0.39, 0.29) is 11.6 Å². The van der Waals surface area contributed by atoms with Gasteiger partial charge in [0.2, 0.25) is 0 Å². The number of nitrogens with zero attached hydrogens (tertiary/aromatic N) is 1. The summed E-state index contributed by atoms with van der Waals surface area (Å²) in [6, 6.07) is 30.3. The Hall–Kier alpha value is -3.48. The number of hydrogen-bond acceptors (Lipinski definition) is 5. The maximum atomic E-state index is 12.1. The fraction of sp³-hybridized carbons (Fsp3) is 0.241. The lowest BCUT2D eigenvalue weighted by Crippen LogP contribution is -2.67. The van der Waals surface area contributed by atoms with E-state index in [1.165, 1.54) is 6.21 Å². The third kappa shape index (κ3) is 6.78. The van der Waals surface area contributed by atoms with Crippen LogP contribution < -0.4 is 10.4 Å². The van der Waals surface area contributed by atoms with Crippen LogP contribution in [-0.4, -0.2) is 33.2 Å². The van der Waals surface area contributed by atoms with Crippen LogP contribution in [0.4, 0.5) is 0 Å². The smallest absolute Gasteiger partial charge is 0.330 e. The third-order valence-electron chi connectivity index (χ3n) is 5.69. The lowest BCUT2D eigenvalue weighted by molar-refractivity contribution is -0.141. The summed E-state index contributed by atoms with van der Waals surface area (Å²) in [5.74, 6) is -0.546. The molecule has 3 aromatic rings. The Morgan fingerprint density at radius 1 is 0.914 bits per heavy atom. The molecule has 0 aliphatic carbocycles. The van der Waals surface area contributed by atoms with E-state index in [0.29, 0.717) is 6.61 Å². The number of esters is 1. The Balaban J connectivity index is 1.88. The minimum Gasteiger partial charge on any atom is -0.451 e. The first-order chi connectivity index (χ1) is 16.9. The first kappa shape index (κ1) is 26.1. The Kier molecular flexibility index (Phi) is 9.17. The topological polar surface area (TPSA) is 57.1 Å². The van der Waals surface area contributed by atoms with E-state index < -0.39 is 20.4 Å². The molecule has 0 spiro atoms. The van der Waals surface area contributed by atoms with Gasteiger partial charge in [-0.3, -0.25) is 0 Å². The molecule has 0 radical (unpaired) electrons. The molecule has 0 saturated carbocycles. The molecule has 5 nitrogen and oxygen atoms in total. The van der Waals surface area contributed by atoms with Crippen LogP contribution in [0.5, 0.6) is 0 Å². The first-order valence-electron chi connectivity index (χ1n) is 11.6. The number of benzene rings is 3. The molecule has 0 bridgehead atoms. The van der Waals surface area contributed by atoms with Gasteiger partial charge in [-0.15, -0.1) is 0 Å². The van der Waals surface area contributed by atoms with Gasteiger partial charge in [0, 0.05) is 6.08 Å². The summed E-state index contributed by atoms with van der Waals surface area (Å²) in [5, 5.41) is 6.14. The lowest BCUT2D eigenvalue weighted by atomic mass is 10.2. The second-order valence-electron chi connectivity index (χ2n) is 9.17. The molecule has 0 fully saturated rings. The molecular formula is C29H33NO4Si. The van der Waals surface area contributed by atoms with E-state index in [9.17, 15) is 4.79 Å². The van der Waals surface area contributed by atoms with Gasteiger partial charge in [0.15, 0.2) is 6.10 Å². The van der Waals surface area contributed by atoms with Gasteiger partial charge < -0.3 is 14.0 Å². The summed E-state index contributed by atoms with van der Waals surface area (Å²) in [5.41, 5.74) is 0.993. The summed E-state index contributed by atoms with van der Waals surface area (Å²) in [4.78, 5) is 17.5. The highest BCUT2D eigenvalue weighted by molar-refractivity contribution is 6.99. The Morgan fingerprint density at radius 2 is 1.43 bits per heavy atom. The number of rotatable bonds is 11. The summed E-state index contributed by atoms with van der Waals surface area (Å²) >= 11 is 0. The summed E-state index contributed by atoms with van der Waals surface area (Å²) in [6.07, 6.45) is 1.87. The molecule has 182 valence electrons. The normalized spacial score (nSPS) is 12.8. The van der Waals surface area contributed by atoms with Crippen molar-refractivity contribution < 1.29 is 18.8 Å². The molecule has 0 heterocycles. The van der Waals surface area contributed by atoms with Gasteiger partial charge >= 0.3 is 5.97 Å². The van der Waals surface area contributed by atoms with E-state index in [1.54, 1.807) is 0 Å². The van der Waals surface area contributed by atoms with Crippen molar-refractivity contribution in [3.8, 4) is 0 Å². The second-order valence-corrected chi connectivity index (χ2v) is 13.5. The first-order valence-corrected chi connectivity index (χ1v) is 13.5. The summed E-state index contributed by atoms with van der Waals surface area (Å²) in [7, 11) is -2.79. The predicted molar refractivity (Wildman–Crippen MR) is 143 cm³/mol. The van der Waals surface area contributed by atoms with Gasteiger partial charge in [0.1, 0.15) is 6.61 Å². The van der Waals surface area contributed by atoms with Gasteiger partial charge in [-0.05, 0) is 21.0 Å². The monoisotopic (exact) mass is 487 g/mol. The van der Waals surface area contributed by atoms with Crippen LogP contribution in [0.1, 0.15) is 26.3 Å². The largest absolute Gasteiger partial charge is 0.451 e.